The van der Waals surface area contributed by atoms with Crippen molar-refractivity contribution in [2.75, 3.05) is 13.1 Å². The standard InChI is InChI=1S/C15H25N3/c1-2-4-14(5-3-1)15-10-17-12-18(15)11-13-6-8-16-9-7-13/h10,12-14,16H,1-9,11H2. The molecule has 100 valence electrons. The Balaban J connectivity index is 1.66. The van der Waals surface area contributed by atoms with Crippen LogP contribution in [0, 0.1) is 5.92 Å². The van der Waals surface area contributed by atoms with E-state index in [2.05, 4.69) is 27.4 Å². The van der Waals surface area contributed by atoms with Crippen molar-refractivity contribution in [3.63, 3.8) is 0 Å². The first kappa shape index (κ1) is 12.2. The molecule has 0 aromatic carbocycles. The van der Waals surface area contributed by atoms with Gasteiger partial charge in [0.25, 0.3) is 0 Å². The predicted molar refractivity (Wildman–Crippen MR) is 73.6 cm³/mol. The van der Waals surface area contributed by atoms with E-state index in [1.807, 2.05) is 0 Å². The van der Waals surface area contributed by atoms with Crippen molar-refractivity contribution in [1.29, 1.82) is 0 Å². The van der Waals surface area contributed by atoms with E-state index in [0.29, 0.717) is 0 Å². The zero-order valence-electron chi connectivity index (χ0n) is 11.3. The molecular weight excluding hydrogens is 222 g/mol. The number of hydrogen-bond donors (Lipinski definition) is 1. The van der Waals surface area contributed by atoms with Gasteiger partial charge in [-0.3, -0.25) is 0 Å². The fourth-order valence-corrected chi connectivity index (χ4v) is 3.56. The highest BCUT2D eigenvalue weighted by Gasteiger charge is 2.21. The molecule has 0 amide bonds. The maximum atomic E-state index is 4.41. The van der Waals surface area contributed by atoms with E-state index < -0.39 is 0 Å². The minimum Gasteiger partial charge on any atom is -0.334 e. The Kier molecular flexibility index (Phi) is 3.99. The molecule has 3 nitrogen and oxygen atoms in total. The van der Waals surface area contributed by atoms with Crippen LogP contribution in [0.1, 0.15) is 56.6 Å². The van der Waals surface area contributed by atoms with Crippen LogP contribution >= 0.6 is 0 Å². The molecule has 2 aliphatic rings. The molecule has 1 aliphatic carbocycles. The van der Waals surface area contributed by atoms with Gasteiger partial charge in [-0.15, -0.1) is 0 Å². The lowest BCUT2D eigenvalue weighted by atomic mass is 9.87. The summed E-state index contributed by atoms with van der Waals surface area (Å²) in [5.74, 6) is 1.63. The van der Waals surface area contributed by atoms with Crippen molar-refractivity contribution in [1.82, 2.24) is 14.9 Å². The molecule has 1 aliphatic heterocycles. The van der Waals surface area contributed by atoms with Crippen LogP contribution in [-0.4, -0.2) is 22.6 Å². The molecule has 2 heterocycles. The first-order chi connectivity index (χ1) is 8.93. The molecule has 18 heavy (non-hydrogen) atoms. The van der Waals surface area contributed by atoms with E-state index >= 15 is 0 Å². The minimum atomic E-state index is 0.781. The quantitative estimate of drug-likeness (QED) is 0.890. The molecular formula is C15H25N3. The Labute approximate surface area is 110 Å². The number of nitrogens with one attached hydrogen (secondary N) is 1. The van der Waals surface area contributed by atoms with E-state index in [0.717, 1.165) is 11.8 Å². The average Bonchev–Trinajstić information content (AvgIpc) is 2.89. The van der Waals surface area contributed by atoms with Gasteiger partial charge in [0.2, 0.25) is 0 Å². The number of piperidine rings is 1. The number of rotatable bonds is 3. The molecule has 1 aromatic heterocycles. The first-order valence-corrected chi connectivity index (χ1v) is 7.64. The number of nitrogens with zero attached hydrogens (tertiary/aromatic N) is 2. The van der Waals surface area contributed by atoms with Crippen LogP contribution in [0.4, 0.5) is 0 Å². The number of aromatic nitrogens is 2. The van der Waals surface area contributed by atoms with Gasteiger partial charge in [-0.2, -0.15) is 0 Å². The van der Waals surface area contributed by atoms with Crippen LogP contribution in [0.5, 0.6) is 0 Å². The highest BCUT2D eigenvalue weighted by Crippen LogP contribution is 2.32. The molecule has 0 bridgehead atoms. The minimum absolute atomic E-state index is 0.781. The van der Waals surface area contributed by atoms with Gasteiger partial charge in [0, 0.05) is 24.4 Å². The topological polar surface area (TPSA) is 29.9 Å². The van der Waals surface area contributed by atoms with Gasteiger partial charge in [0.05, 0.1) is 6.33 Å². The highest BCUT2D eigenvalue weighted by atomic mass is 15.1. The summed E-state index contributed by atoms with van der Waals surface area (Å²) < 4.78 is 2.45. The van der Waals surface area contributed by atoms with Gasteiger partial charge in [-0.05, 0) is 44.7 Å². The van der Waals surface area contributed by atoms with E-state index in [1.165, 1.54) is 70.3 Å². The van der Waals surface area contributed by atoms with E-state index in [4.69, 9.17) is 0 Å². The van der Waals surface area contributed by atoms with Gasteiger partial charge in [-0.1, -0.05) is 19.3 Å². The van der Waals surface area contributed by atoms with Crippen molar-refractivity contribution >= 4 is 0 Å². The number of hydrogen-bond acceptors (Lipinski definition) is 2. The second-order valence-electron chi connectivity index (χ2n) is 6.00. The molecule has 1 saturated heterocycles. The zero-order valence-corrected chi connectivity index (χ0v) is 11.3. The van der Waals surface area contributed by atoms with Crippen LogP contribution in [0.2, 0.25) is 0 Å². The SMILES string of the molecule is c1ncn(CC2CCNCC2)c1C1CCCCC1. The lowest BCUT2D eigenvalue weighted by molar-refractivity contribution is 0.322. The van der Waals surface area contributed by atoms with Crippen LogP contribution in [-0.2, 0) is 6.54 Å². The smallest absolute Gasteiger partial charge is 0.0948 e. The van der Waals surface area contributed by atoms with Crippen LogP contribution in [0.3, 0.4) is 0 Å². The van der Waals surface area contributed by atoms with Crippen molar-refractivity contribution in [2.45, 2.75) is 57.4 Å². The Morgan fingerprint density at radius 2 is 1.89 bits per heavy atom. The van der Waals surface area contributed by atoms with Gasteiger partial charge < -0.3 is 9.88 Å². The van der Waals surface area contributed by atoms with E-state index in [9.17, 15) is 0 Å². The van der Waals surface area contributed by atoms with Crippen LogP contribution in [0.25, 0.3) is 0 Å². The van der Waals surface area contributed by atoms with Gasteiger partial charge in [-0.25, -0.2) is 4.98 Å². The summed E-state index contributed by atoms with van der Waals surface area (Å²) in [5, 5.41) is 3.45. The summed E-state index contributed by atoms with van der Waals surface area (Å²) >= 11 is 0. The molecule has 2 fully saturated rings. The lowest BCUT2D eigenvalue weighted by Gasteiger charge is -2.26. The Hall–Kier alpha value is -0.830. The third kappa shape index (κ3) is 2.77. The first-order valence-electron chi connectivity index (χ1n) is 7.64. The predicted octanol–water partition coefficient (Wildman–Crippen LogP) is 2.93. The summed E-state index contributed by atoms with van der Waals surface area (Å²) in [5.41, 5.74) is 1.51. The molecule has 0 radical (unpaired) electrons. The fourth-order valence-electron chi connectivity index (χ4n) is 3.56. The zero-order chi connectivity index (χ0) is 12.2. The molecule has 0 spiro atoms. The van der Waals surface area contributed by atoms with E-state index in [1.54, 1.807) is 0 Å². The van der Waals surface area contributed by atoms with Gasteiger partial charge in [0.1, 0.15) is 0 Å². The van der Waals surface area contributed by atoms with Crippen molar-refractivity contribution < 1.29 is 0 Å². The monoisotopic (exact) mass is 247 g/mol. The Morgan fingerprint density at radius 1 is 1.11 bits per heavy atom. The summed E-state index contributed by atoms with van der Waals surface area (Å²) in [6, 6.07) is 0. The maximum absolute atomic E-state index is 4.41. The lowest BCUT2D eigenvalue weighted by Crippen LogP contribution is -2.30. The molecule has 1 N–H and O–H groups in total. The summed E-state index contributed by atoms with van der Waals surface area (Å²) in [4.78, 5) is 4.41. The normalized spacial score (nSPS) is 23.3. The molecule has 1 aromatic rings. The third-order valence-electron chi connectivity index (χ3n) is 4.68. The largest absolute Gasteiger partial charge is 0.334 e. The number of imidazole rings is 1. The molecule has 0 unspecified atom stereocenters. The van der Waals surface area contributed by atoms with Crippen LogP contribution < -0.4 is 5.32 Å². The fraction of sp³-hybridized carbons (Fsp3) is 0.800. The molecule has 3 rings (SSSR count). The second-order valence-corrected chi connectivity index (χ2v) is 6.00. The van der Waals surface area contributed by atoms with E-state index in [-0.39, 0.29) is 0 Å². The molecule has 1 saturated carbocycles. The Morgan fingerprint density at radius 3 is 2.67 bits per heavy atom. The van der Waals surface area contributed by atoms with Crippen molar-refractivity contribution in [2.24, 2.45) is 5.92 Å². The van der Waals surface area contributed by atoms with Gasteiger partial charge in [0.15, 0.2) is 0 Å². The van der Waals surface area contributed by atoms with Crippen molar-refractivity contribution in [3.05, 3.63) is 18.2 Å². The van der Waals surface area contributed by atoms with Crippen LogP contribution in [0.15, 0.2) is 12.5 Å². The second kappa shape index (κ2) is 5.87. The Bertz CT molecular complexity index is 360. The summed E-state index contributed by atoms with van der Waals surface area (Å²) in [6.45, 7) is 3.57. The molecule has 3 heteroatoms. The third-order valence-corrected chi connectivity index (χ3v) is 4.68. The summed E-state index contributed by atoms with van der Waals surface area (Å²) in [7, 11) is 0. The molecule has 0 atom stereocenters. The highest BCUT2D eigenvalue weighted by molar-refractivity contribution is 5.07. The average molecular weight is 247 g/mol. The van der Waals surface area contributed by atoms with Crippen molar-refractivity contribution in [3.8, 4) is 0 Å². The maximum Gasteiger partial charge on any atom is 0.0948 e. The summed E-state index contributed by atoms with van der Waals surface area (Å²) in [6.07, 6.45) is 13.8. The van der Waals surface area contributed by atoms with Gasteiger partial charge >= 0.3 is 0 Å².